The van der Waals surface area contributed by atoms with Crippen LogP contribution in [0.3, 0.4) is 0 Å². The van der Waals surface area contributed by atoms with Gasteiger partial charge in [0, 0.05) is 18.8 Å². The van der Waals surface area contributed by atoms with Crippen molar-refractivity contribution in [2.45, 2.75) is 51.2 Å². The summed E-state index contributed by atoms with van der Waals surface area (Å²) in [5.41, 5.74) is 2.33. The molecule has 2 heterocycles. The lowest BCUT2D eigenvalue weighted by atomic mass is 10.1. The van der Waals surface area contributed by atoms with Crippen molar-refractivity contribution in [1.29, 1.82) is 0 Å². The lowest BCUT2D eigenvalue weighted by Crippen LogP contribution is -2.54. The Hall–Kier alpha value is -2.63. The first-order valence-corrected chi connectivity index (χ1v) is 9.75. The van der Waals surface area contributed by atoms with Crippen LogP contribution in [0.4, 0.5) is 5.95 Å². The van der Waals surface area contributed by atoms with E-state index in [0.717, 1.165) is 30.4 Å². The fourth-order valence-electron chi connectivity index (χ4n) is 3.25. The average molecular weight is 366 g/mol. The number of nitrogens with zero attached hydrogens (tertiary/aromatic N) is 3. The molecule has 2 aromatic rings. The highest BCUT2D eigenvalue weighted by Gasteiger charge is 2.31. The van der Waals surface area contributed by atoms with Crippen molar-refractivity contribution in [3.8, 4) is 5.75 Å². The zero-order chi connectivity index (χ0) is 18.8. The maximum Gasteiger partial charge on any atom is 0.225 e. The number of benzene rings is 1. The molecule has 1 aromatic heterocycles. The number of nitrogens with one attached hydrogen (secondary N) is 1. The Morgan fingerprint density at radius 3 is 2.48 bits per heavy atom. The van der Waals surface area contributed by atoms with Gasteiger partial charge < -0.3 is 15.0 Å². The third kappa shape index (κ3) is 4.21. The fourth-order valence-corrected chi connectivity index (χ4v) is 3.25. The van der Waals surface area contributed by atoms with Gasteiger partial charge in [-0.25, -0.2) is 9.97 Å². The van der Waals surface area contributed by atoms with E-state index in [1.165, 1.54) is 18.4 Å². The molecule has 1 amide bonds. The zero-order valence-electron chi connectivity index (χ0n) is 15.9. The normalized spacial score (nSPS) is 17.9. The van der Waals surface area contributed by atoms with Gasteiger partial charge in [0.1, 0.15) is 11.9 Å². The summed E-state index contributed by atoms with van der Waals surface area (Å²) in [5, 5.41) is 2.97. The summed E-state index contributed by atoms with van der Waals surface area (Å²) >= 11 is 0. The van der Waals surface area contributed by atoms with Gasteiger partial charge in [-0.15, -0.1) is 0 Å². The van der Waals surface area contributed by atoms with E-state index in [9.17, 15) is 4.79 Å². The Labute approximate surface area is 160 Å². The SMILES string of the molecule is CCC(=O)NC(C)c1ccc(OC2CN(c3ncc(C4CC4)cn3)C2)cc1. The molecule has 0 bridgehead atoms. The average Bonchev–Trinajstić information content (AvgIpc) is 3.50. The molecule has 0 spiro atoms. The number of aromatic nitrogens is 2. The minimum Gasteiger partial charge on any atom is -0.487 e. The van der Waals surface area contributed by atoms with Crippen LogP contribution in [0.1, 0.15) is 56.2 Å². The second kappa shape index (κ2) is 7.55. The Morgan fingerprint density at radius 2 is 1.89 bits per heavy atom. The Balaban J connectivity index is 1.26. The van der Waals surface area contributed by atoms with Gasteiger partial charge in [-0.2, -0.15) is 0 Å². The van der Waals surface area contributed by atoms with Crippen LogP contribution in [0.25, 0.3) is 0 Å². The standard InChI is InChI=1S/C21H26N4O2/c1-3-20(26)24-14(2)15-6-8-18(9-7-15)27-19-12-25(13-19)21-22-10-17(11-23-21)16-4-5-16/h6-11,14,16,19H,3-5,12-13H2,1-2H3,(H,24,26). The zero-order valence-corrected chi connectivity index (χ0v) is 15.9. The third-order valence-electron chi connectivity index (χ3n) is 5.22. The van der Waals surface area contributed by atoms with Crippen LogP contribution in [0.15, 0.2) is 36.7 Å². The predicted molar refractivity (Wildman–Crippen MR) is 104 cm³/mol. The molecule has 2 aliphatic rings. The van der Waals surface area contributed by atoms with Crippen molar-refractivity contribution in [1.82, 2.24) is 15.3 Å². The lowest BCUT2D eigenvalue weighted by molar-refractivity contribution is -0.121. The minimum atomic E-state index is 0.00135. The van der Waals surface area contributed by atoms with Gasteiger partial charge in [0.15, 0.2) is 0 Å². The maximum atomic E-state index is 11.5. The molecule has 1 saturated heterocycles. The first-order chi connectivity index (χ1) is 13.1. The van der Waals surface area contributed by atoms with Crippen LogP contribution in [-0.2, 0) is 4.79 Å². The molecule has 1 atom stereocenters. The number of carbonyl (C=O) groups is 1. The molecular formula is C21H26N4O2. The number of rotatable bonds is 7. The van der Waals surface area contributed by atoms with E-state index in [0.29, 0.717) is 12.3 Å². The van der Waals surface area contributed by atoms with Crippen LogP contribution >= 0.6 is 0 Å². The first-order valence-electron chi connectivity index (χ1n) is 9.75. The summed E-state index contributed by atoms with van der Waals surface area (Å²) in [7, 11) is 0. The van der Waals surface area contributed by atoms with Crippen LogP contribution < -0.4 is 15.0 Å². The molecule has 1 saturated carbocycles. The van der Waals surface area contributed by atoms with Crippen LogP contribution in [0.5, 0.6) is 5.75 Å². The molecule has 2 fully saturated rings. The summed E-state index contributed by atoms with van der Waals surface area (Å²) in [6, 6.07) is 7.95. The van der Waals surface area contributed by atoms with E-state index in [2.05, 4.69) is 20.2 Å². The van der Waals surface area contributed by atoms with Crippen LogP contribution in [-0.4, -0.2) is 35.1 Å². The number of carbonyl (C=O) groups excluding carboxylic acids is 1. The van der Waals surface area contributed by atoms with Crippen LogP contribution in [0.2, 0.25) is 0 Å². The number of hydrogen-bond donors (Lipinski definition) is 1. The summed E-state index contributed by atoms with van der Waals surface area (Å²) in [4.78, 5) is 22.6. The molecule has 1 aliphatic carbocycles. The van der Waals surface area contributed by atoms with E-state index >= 15 is 0 Å². The fraction of sp³-hybridized carbons (Fsp3) is 0.476. The summed E-state index contributed by atoms with van der Waals surface area (Å²) in [6.45, 7) is 5.44. The Morgan fingerprint density at radius 1 is 1.22 bits per heavy atom. The molecule has 4 rings (SSSR count). The molecule has 6 heteroatoms. The molecule has 1 aromatic carbocycles. The Kier molecular flexibility index (Phi) is 4.97. The highest BCUT2D eigenvalue weighted by atomic mass is 16.5. The van der Waals surface area contributed by atoms with Crippen molar-refractivity contribution in [3.05, 3.63) is 47.8 Å². The molecule has 0 radical (unpaired) electrons. The molecule has 27 heavy (non-hydrogen) atoms. The smallest absolute Gasteiger partial charge is 0.225 e. The van der Waals surface area contributed by atoms with E-state index in [1.807, 2.05) is 50.5 Å². The monoisotopic (exact) mass is 366 g/mol. The van der Waals surface area contributed by atoms with Gasteiger partial charge in [-0.05, 0) is 48.9 Å². The van der Waals surface area contributed by atoms with Gasteiger partial charge in [0.25, 0.3) is 0 Å². The van der Waals surface area contributed by atoms with E-state index in [1.54, 1.807) is 0 Å². The minimum absolute atomic E-state index is 0.00135. The van der Waals surface area contributed by atoms with Gasteiger partial charge in [-0.1, -0.05) is 19.1 Å². The molecule has 1 unspecified atom stereocenters. The van der Waals surface area contributed by atoms with Gasteiger partial charge >= 0.3 is 0 Å². The highest BCUT2D eigenvalue weighted by molar-refractivity contribution is 5.76. The number of amides is 1. The number of ether oxygens (including phenoxy) is 1. The van der Waals surface area contributed by atoms with E-state index in [4.69, 9.17) is 4.74 Å². The second-order valence-electron chi connectivity index (χ2n) is 7.45. The topological polar surface area (TPSA) is 67.3 Å². The Bertz CT molecular complexity index is 781. The van der Waals surface area contributed by atoms with Crippen molar-refractivity contribution < 1.29 is 9.53 Å². The van der Waals surface area contributed by atoms with Crippen molar-refractivity contribution >= 4 is 11.9 Å². The highest BCUT2D eigenvalue weighted by Crippen LogP contribution is 2.39. The van der Waals surface area contributed by atoms with Gasteiger partial charge in [0.05, 0.1) is 19.1 Å². The quantitative estimate of drug-likeness (QED) is 0.815. The van der Waals surface area contributed by atoms with Gasteiger partial charge in [0.2, 0.25) is 11.9 Å². The van der Waals surface area contributed by atoms with Crippen molar-refractivity contribution in [2.24, 2.45) is 0 Å². The molecule has 1 N–H and O–H groups in total. The molecular weight excluding hydrogens is 340 g/mol. The first kappa shape index (κ1) is 17.8. The summed E-state index contributed by atoms with van der Waals surface area (Å²) < 4.78 is 6.03. The maximum absolute atomic E-state index is 11.5. The molecule has 6 nitrogen and oxygen atoms in total. The van der Waals surface area contributed by atoms with E-state index < -0.39 is 0 Å². The van der Waals surface area contributed by atoms with E-state index in [-0.39, 0.29) is 18.1 Å². The second-order valence-corrected chi connectivity index (χ2v) is 7.45. The largest absolute Gasteiger partial charge is 0.487 e. The predicted octanol–water partition coefficient (Wildman–Crippen LogP) is 3.21. The third-order valence-corrected chi connectivity index (χ3v) is 5.22. The summed E-state index contributed by atoms with van der Waals surface area (Å²) in [5.74, 6) is 2.38. The van der Waals surface area contributed by atoms with Crippen LogP contribution in [0, 0.1) is 0 Å². The molecule has 1 aliphatic heterocycles. The summed E-state index contributed by atoms with van der Waals surface area (Å²) in [6.07, 6.45) is 7.11. The number of anilines is 1. The van der Waals surface area contributed by atoms with Crippen molar-refractivity contribution in [3.63, 3.8) is 0 Å². The molecule has 142 valence electrons. The van der Waals surface area contributed by atoms with Gasteiger partial charge in [-0.3, -0.25) is 4.79 Å². The number of hydrogen-bond acceptors (Lipinski definition) is 5. The van der Waals surface area contributed by atoms with Crippen molar-refractivity contribution in [2.75, 3.05) is 18.0 Å². The lowest BCUT2D eigenvalue weighted by Gasteiger charge is -2.38.